The van der Waals surface area contributed by atoms with Crippen LogP contribution < -0.4 is 25.8 Å². The molecule has 1 aliphatic rings. The van der Waals surface area contributed by atoms with Crippen LogP contribution in [0.2, 0.25) is 5.02 Å². The normalized spacial score (nSPS) is 14.6. The van der Waals surface area contributed by atoms with Gasteiger partial charge in [0.05, 0.1) is 26.7 Å². The number of esters is 1. The summed E-state index contributed by atoms with van der Waals surface area (Å²) in [6.45, 7) is -0.811. The maximum Gasteiger partial charge on any atom is 0.311 e. The molecule has 12 nitrogen and oxygen atoms in total. The van der Waals surface area contributed by atoms with Gasteiger partial charge in [-0.25, -0.2) is 0 Å². The van der Waals surface area contributed by atoms with E-state index in [1.807, 2.05) is 0 Å². The van der Waals surface area contributed by atoms with E-state index in [4.69, 9.17) is 25.8 Å². The average molecular weight is 519 g/mol. The topological polar surface area (TPSA) is 152 Å². The van der Waals surface area contributed by atoms with E-state index in [0.717, 1.165) is 5.01 Å². The Morgan fingerprint density at radius 1 is 0.944 bits per heavy atom. The third kappa shape index (κ3) is 6.63. The van der Waals surface area contributed by atoms with E-state index in [0.29, 0.717) is 16.5 Å². The quantitative estimate of drug-likeness (QED) is 0.343. The number of ether oxygens (including phenoxy) is 3. The van der Waals surface area contributed by atoms with Gasteiger partial charge in [-0.05, 0) is 42.5 Å². The number of hydrogen-bond donors (Lipinski definition) is 3. The number of hydrazine groups is 2. The van der Waals surface area contributed by atoms with Crippen LogP contribution >= 0.6 is 11.6 Å². The minimum atomic E-state index is -0.889. The highest BCUT2D eigenvalue weighted by Crippen LogP contribution is 2.27. The van der Waals surface area contributed by atoms with Gasteiger partial charge in [0, 0.05) is 22.6 Å². The number of carbonyl (C=O) groups excluding carboxylic acids is 5. The molecule has 2 aromatic carbocycles. The first kappa shape index (κ1) is 26.3. The Morgan fingerprint density at radius 3 is 2.28 bits per heavy atom. The van der Waals surface area contributed by atoms with Crippen LogP contribution in [-0.4, -0.2) is 62.0 Å². The minimum absolute atomic E-state index is 0.133. The van der Waals surface area contributed by atoms with Gasteiger partial charge in [0.2, 0.25) is 5.91 Å². The zero-order valence-electron chi connectivity index (χ0n) is 19.3. The van der Waals surface area contributed by atoms with Crippen molar-refractivity contribution in [2.45, 2.75) is 6.42 Å². The van der Waals surface area contributed by atoms with E-state index in [1.54, 1.807) is 6.07 Å². The van der Waals surface area contributed by atoms with Crippen LogP contribution in [0.1, 0.15) is 27.1 Å². The molecule has 0 aliphatic carbocycles. The summed E-state index contributed by atoms with van der Waals surface area (Å²) in [5, 5.41) is 1.46. The minimum Gasteiger partial charge on any atom is -0.493 e. The predicted molar refractivity (Wildman–Crippen MR) is 125 cm³/mol. The molecule has 0 unspecified atom stereocenters. The molecule has 13 heteroatoms. The first-order valence-corrected chi connectivity index (χ1v) is 10.9. The van der Waals surface area contributed by atoms with Gasteiger partial charge in [0.15, 0.2) is 18.1 Å². The highest BCUT2D eigenvalue weighted by atomic mass is 35.5. The fourth-order valence-electron chi connectivity index (χ4n) is 3.23. The Balaban J connectivity index is 1.45. The SMILES string of the molecule is COc1ccc(C(=O)NN2C[C@H](C(=O)OCC(=O)NNC(=O)c3ccc(Cl)cc3)CC2=O)cc1OC. The number of benzene rings is 2. The maximum atomic E-state index is 12.5. The van der Waals surface area contributed by atoms with E-state index in [2.05, 4.69) is 16.3 Å². The summed E-state index contributed by atoms with van der Waals surface area (Å²) in [7, 11) is 2.88. The van der Waals surface area contributed by atoms with Crippen molar-refractivity contribution in [1.29, 1.82) is 0 Å². The molecule has 1 aliphatic heterocycles. The number of nitrogens with zero attached hydrogens (tertiary/aromatic N) is 1. The largest absolute Gasteiger partial charge is 0.493 e. The molecule has 0 spiro atoms. The summed E-state index contributed by atoms with van der Waals surface area (Å²) in [6.07, 6.45) is -0.208. The van der Waals surface area contributed by atoms with Crippen molar-refractivity contribution in [3.05, 3.63) is 58.6 Å². The van der Waals surface area contributed by atoms with Gasteiger partial charge in [-0.1, -0.05) is 11.6 Å². The summed E-state index contributed by atoms with van der Waals surface area (Å²) in [4.78, 5) is 61.0. The summed E-state index contributed by atoms with van der Waals surface area (Å²) in [6, 6.07) is 10.5. The van der Waals surface area contributed by atoms with Gasteiger partial charge in [0.1, 0.15) is 0 Å². The molecule has 0 aromatic heterocycles. The lowest BCUT2D eigenvalue weighted by atomic mass is 10.1. The third-order valence-electron chi connectivity index (χ3n) is 5.11. The Hall–Kier alpha value is -4.32. The lowest BCUT2D eigenvalue weighted by molar-refractivity contribution is -0.152. The van der Waals surface area contributed by atoms with Gasteiger partial charge in [-0.15, -0.1) is 0 Å². The van der Waals surface area contributed by atoms with Crippen molar-refractivity contribution in [1.82, 2.24) is 21.3 Å². The van der Waals surface area contributed by atoms with E-state index in [-0.39, 0.29) is 24.1 Å². The molecule has 0 radical (unpaired) electrons. The van der Waals surface area contributed by atoms with Crippen LogP contribution in [0.4, 0.5) is 0 Å². The molecule has 4 amide bonds. The number of hydrogen-bond acceptors (Lipinski definition) is 8. The Labute approximate surface area is 210 Å². The smallest absolute Gasteiger partial charge is 0.311 e. The molecule has 190 valence electrons. The first-order chi connectivity index (χ1) is 17.2. The second kappa shape index (κ2) is 11.9. The predicted octanol–water partition coefficient (Wildman–Crippen LogP) is 0.855. The van der Waals surface area contributed by atoms with Gasteiger partial charge >= 0.3 is 5.97 Å². The second-order valence-electron chi connectivity index (χ2n) is 7.53. The molecule has 0 saturated carbocycles. The van der Waals surface area contributed by atoms with Crippen LogP contribution in [0.25, 0.3) is 0 Å². The van der Waals surface area contributed by atoms with Gasteiger partial charge < -0.3 is 14.2 Å². The monoisotopic (exact) mass is 518 g/mol. The lowest BCUT2D eigenvalue weighted by Gasteiger charge is -2.18. The number of nitrogens with one attached hydrogen (secondary N) is 3. The molecule has 36 heavy (non-hydrogen) atoms. The van der Waals surface area contributed by atoms with Gasteiger partial charge in [-0.3, -0.25) is 45.3 Å². The van der Waals surface area contributed by atoms with E-state index < -0.39 is 42.1 Å². The lowest BCUT2D eigenvalue weighted by Crippen LogP contribution is -2.44. The molecular weight excluding hydrogens is 496 g/mol. The first-order valence-electron chi connectivity index (χ1n) is 10.6. The maximum absolute atomic E-state index is 12.5. The molecule has 1 saturated heterocycles. The molecule has 0 bridgehead atoms. The molecule has 1 heterocycles. The highest BCUT2D eigenvalue weighted by molar-refractivity contribution is 6.30. The summed E-state index contributed by atoms with van der Waals surface area (Å²) in [5.41, 5.74) is 7.21. The Kier molecular flexibility index (Phi) is 8.68. The van der Waals surface area contributed by atoms with Gasteiger partial charge in [-0.2, -0.15) is 0 Å². The van der Waals surface area contributed by atoms with Crippen molar-refractivity contribution in [3.8, 4) is 11.5 Å². The zero-order valence-corrected chi connectivity index (χ0v) is 20.1. The Morgan fingerprint density at radius 2 is 1.61 bits per heavy atom. The molecular formula is C23H23ClN4O8. The summed E-state index contributed by atoms with van der Waals surface area (Å²) in [5.74, 6) is -3.38. The number of carbonyl (C=O) groups is 5. The van der Waals surface area contributed by atoms with Crippen molar-refractivity contribution in [2.24, 2.45) is 5.92 Å². The number of rotatable bonds is 8. The van der Waals surface area contributed by atoms with Crippen molar-refractivity contribution in [3.63, 3.8) is 0 Å². The van der Waals surface area contributed by atoms with E-state index in [1.165, 1.54) is 50.6 Å². The fourth-order valence-corrected chi connectivity index (χ4v) is 3.35. The van der Waals surface area contributed by atoms with Crippen LogP contribution in [0.3, 0.4) is 0 Å². The van der Waals surface area contributed by atoms with Crippen molar-refractivity contribution >= 4 is 41.2 Å². The highest BCUT2D eigenvalue weighted by Gasteiger charge is 2.36. The molecule has 1 atom stereocenters. The average Bonchev–Trinajstić information content (AvgIpc) is 3.25. The fraction of sp³-hybridized carbons (Fsp3) is 0.261. The van der Waals surface area contributed by atoms with Crippen LogP contribution in [0.15, 0.2) is 42.5 Å². The van der Waals surface area contributed by atoms with Gasteiger partial charge in [0.25, 0.3) is 17.7 Å². The molecule has 3 N–H and O–H groups in total. The summed E-state index contributed by atoms with van der Waals surface area (Å²) < 4.78 is 15.2. The molecule has 3 rings (SSSR count). The van der Waals surface area contributed by atoms with Crippen molar-refractivity contribution in [2.75, 3.05) is 27.4 Å². The number of methoxy groups -OCH3 is 2. The standard InChI is InChI=1S/C23H23ClN4O8/c1-34-17-8-5-14(9-18(17)35-2)22(32)27-28-11-15(10-20(28)30)23(33)36-12-19(29)25-26-21(31)13-3-6-16(24)7-4-13/h3-9,15H,10-12H2,1-2H3,(H,25,29)(H,26,31)(H,27,32)/t15-/m1/s1. The zero-order chi connectivity index (χ0) is 26.2. The number of amides is 4. The molecule has 2 aromatic rings. The summed E-state index contributed by atoms with van der Waals surface area (Å²) >= 11 is 5.76. The van der Waals surface area contributed by atoms with E-state index in [9.17, 15) is 24.0 Å². The van der Waals surface area contributed by atoms with E-state index >= 15 is 0 Å². The van der Waals surface area contributed by atoms with Crippen LogP contribution in [0, 0.1) is 5.92 Å². The second-order valence-corrected chi connectivity index (χ2v) is 7.97. The molecule has 1 fully saturated rings. The van der Waals surface area contributed by atoms with Crippen LogP contribution in [0.5, 0.6) is 11.5 Å². The third-order valence-corrected chi connectivity index (χ3v) is 5.36. The van der Waals surface area contributed by atoms with Crippen LogP contribution in [-0.2, 0) is 19.1 Å². The Bertz CT molecular complexity index is 1170. The number of halogens is 1. The van der Waals surface area contributed by atoms with Crippen molar-refractivity contribution < 1.29 is 38.2 Å².